The molecule has 0 bridgehead atoms. The first-order valence-corrected chi connectivity index (χ1v) is 12.2. The van der Waals surface area contributed by atoms with Crippen molar-refractivity contribution in [3.63, 3.8) is 0 Å². The minimum absolute atomic E-state index is 0.212. The van der Waals surface area contributed by atoms with Crippen molar-refractivity contribution in [3.05, 3.63) is 48.5 Å². The van der Waals surface area contributed by atoms with Crippen LogP contribution in [0.25, 0.3) is 11.2 Å². The Hall–Kier alpha value is -3.35. The molecule has 3 heterocycles. The first-order valence-electron chi connectivity index (χ1n) is 11.1. The molecule has 2 aromatic heterocycles. The van der Waals surface area contributed by atoms with Gasteiger partial charge < -0.3 is 24.4 Å². The molecular weight excluding hydrogens is 493 g/mol. The van der Waals surface area contributed by atoms with Crippen LogP contribution in [0.4, 0.5) is 5.82 Å². The Bertz CT molecular complexity index is 1240. The number of esters is 1. The van der Waals surface area contributed by atoms with E-state index >= 15 is 0 Å². The summed E-state index contributed by atoms with van der Waals surface area (Å²) >= 11 is 0. The standard InChI is InChI=1S/C22H24N5O8P/c1-3-7-15(28)26-19-16-20(24-11-23-19)27(12-25-16)21-18(32-2)17(14(34-21)10-33-36(30)31)35-22(29)13-8-5-4-6-9-13/h4-6,8-9,11-12,14,17-18,21H,3,7,10H2,1-2H3,(H,23,24,26,28). The van der Waals surface area contributed by atoms with E-state index in [1.807, 2.05) is 6.92 Å². The maximum absolute atomic E-state index is 12.8. The highest BCUT2D eigenvalue weighted by Gasteiger charge is 2.50. The molecule has 5 unspecified atom stereocenters. The number of carbonyl (C=O) groups is 2. The van der Waals surface area contributed by atoms with Gasteiger partial charge in [-0.2, -0.15) is 0 Å². The third-order valence-corrected chi connectivity index (χ3v) is 5.88. The van der Waals surface area contributed by atoms with Crippen molar-refractivity contribution in [3.8, 4) is 0 Å². The number of hydrogen-bond acceptors (Lipinski definition) is 11. The van der Waals surface area contributed by atoms with Crippen molar-refractivity contribution in [2.75, 3.05) is 19.0 Å². The molecule has 1 saturated heterocycles. The number of hydrogen-bond donors (Lipinski definition) is 1. The van der Waals surface area contributed by atoms with E-state index in [9.17, 15) is 19.0 Å². The summed E-state index contributed by atoms with van der Waals surface area (Å²) in [6.07, 6.45) is -0.104. The van der Waals surface area contributed by atoms with Crippen molar-refractivity contribution in [1.29, 1.82) is 0 Å². The van der Waals surface area contributed by atoms with E-state index in [4.69, 9.17) is 18.7 Å². The van der Waals surface area contributed by atoms with Crippen LogP contribution in [0, 0.1) is 0 Å². The maximum atomic E-state index is 12.8. The number of ether oxygens (including phenoxy) is 3. The SMILES string of the molecule is CCCC(=O)Nc1ncnc2c1ncn2C1OC(CO[P+](=O)[O-])C(OC(=O)c2ccccc2)C1OC. The van der Waals surface area contributed by atoms with Crippen LogP contribution in [-0.2, 0) is 28.1 Å². The van der Waals surface area contributed by atoms with Crippen LogP contribution in [0.2, 0.25) is 0 Å². The van der Waals surface area contributed by atoms with E-state index in [0.29, 0.717) is 29.6 Å². The quantitative estimate of drug-likeness (QED) is 0.307. The smallest absolute Gasteiger partial charge is 0.488 e. The Morgan fingerprint density at radius 3 is 2.67 bits per heavy atom. The minimum atomic E-state index is -3.16. The monoisotopic (exact) mass is 517 g/mol. The first-order chi connectivity index (χ1) is 17.4. The largest absolute Gasteiger partial charge is 0.566 e. The summed E-state index contributed by atoms with van der Waals surface area (Å²) in [5.41, 5.74) is 0.952. The number of fused-ring (bicyclic) bond motifs is 1. The molecular formula is C22H24N5O8P. The number of nitrogens with zero attached hydrogens (tertiary/aromatic N) is 4. The van der Waals surface area contributed by atoms with Gasteiger partial charge in [0.25, 0.3) is 0 Å². The molecule has 1 fully saturated rings. The number of rotatable bonds is 10. The maximum Gasteiger partial charge on any atom is 0.488 e. The average Bonchev–Trinajstić information content (AvgIpc) is 3.45. The molecule has 0 spiro atoms. The van der Waals surface area contributed by atoms with Crippen LogP contribution in [0.15, 0.2) is 43.0 Å². The van der Waals surface area contributed by atoms with E-state index in [-0.39, 0.29) is 11.7 Å². The van der Waals surface area contributed by atoms with Crippen LogP contribution >= 0.6 is 8.25 Å². The highest BCUT2D eigenvalue weighted by molar-refractivity contribution is 7.30. The van der Waals surface area contributed by atoms with Crippen LogP contribution < -0.4 is 10.2 Å². The molecule has 4 rings (SSSR count). The number of methoxy groups -OCH3 is 1. The fourth-order valence-corrected chi connectivity index (χ4v) is 4.18. The van der Waals surface area contributed by atoms with Gasteiger partial charge in [0.2, 0.25) is 5.91 Å². The van der Waals surface area contributed by atoms with Crippen LogP contribution in [0.1, 0.15) is 36.4 Å². The van der Waals surface area contributed by atoms with Gasteiger partial charge >= 0.3 is 14.2 Å². The zero-order chi connectivity index (χ0) is 25.7. The molecule has 0 aliphatic carbocycles. The summed E-state index contributed by atoms with van der Waals surface area (Å²) in [6, 6.07) is 8.32. The molecule has 1 aromatic carbocycles. The summed E-state index contributed by atoms with van der Waals surface area (Å²) in [7, 11) is -1.75. The summed E-state index contributed by atoms with van der Waals surface area (Å²) in [5, 5.41) is 2.71. The third-order valence-electron chi connectivity index (χ3n) is 5.52. The van der Waals surface area contributed by atoms with Crippen molar-refractivity contribution in [2.24, 2.45) is 0 Å². The molecule has 5 atom stereocenters. The molecule has 36 heavy (non-hydrogen) atoms. The number of nitrogens with one attached hydrogen (secondary N) is 1. The number of benzene rings is 1. The molecule has 0 saturated carbocycles. The zero-order valence-corrected chi connectivity index (χ0v) is 20.4. The van der Waals surface area contributed by atoms with Gasteiger partial charge in [-0.25, -0.2) is 19.7 Å². The average molecular weight is 517 g/mol. The lowest BCUT2D eigenvalue weighted by atomic mass is 10.1. The van der Waals surface area contributed by atoms with Gasteiger partial charge in [-0.05, 0) is 23.1 Å². The van der Waals surface area contributed by atoms with Gasteiger partial charge in [0.1, 0.15) is 25.1 Å². The lowest BCUT2D eigenvalue weighted by Gasteiger charge is -2.23. The Kier molecular flexibility index (Phi) is 8.28. The number of imidazole rings is 1. The topological polar surface area (TPSA) is 167 Å². The van der Waals surface area contributed by atoms with Gasteiger partial charge in [0.15, 0.2) is 29.3 Å². The van der Waals surface area contributed by atoms with Crippen molar-refractivity contribution in [1.82, 2.24) is 19.5 Å². The van der Waals surface area contributed by atoms with Crippen molar-refractivity contribution >= 4 is 37.1 Å². The lowest BCUT2D eigenvalue weighted by molar-refractivity contribution is -0.188. The molecule has 1 N–H and O–H groups in total. The van der Waals surface area contributed by atoms with E-state index < -0.39 is 45.4 Å². The Morgan fingerprint density at radius 2 is 1.97 bits per heavy atom. The summed E-state index contributed by atoms with van der Waals surface area (Å²) in [6.45, 7) is 1.48. The lowest BCUT2D eigenvalue weighted by Crippen LogP contribution is -2.39. The summed E-state index contributed by atoms with van der Waals surface area (Å²) in [4.78, 5) is 48.6. The second-order valence-corrected chi connectivity index (χ2v) is 8.57. The predicted octanol–water partition coefficient (Wildman–Crippen LogP) is 1.74. The molecule has 1 aliphatic heterocycles. The van der Waals surface area contributed by atoms with Gasteiger partial charge in [0, 0.05) is 13.5 Å². The molecule has 190 valence electrons. The van der Waals surface area contributed by atoms with E-state index in [1.54, 1.807) is 34.9 Å². The highest BCUT2D eigenvalue weighted by Crippen LogP contribution is 2.36. The van der Waals surface area contributed by atoms with Crippen LogP contribution in [0.5, 0.6) is 0 Å². The number of aromatic nitrogens is 4. The van der Waals surface area contributed by atoms with Gasteiger partial charge in [-0.15, -0.1) is 4.52 Å². The molecule has 1 aliphatic rings. The Balaban J connectivity index is 1.65. The predicted molar refractivity (Wildman–Crippen MR) is 123 cm³/mol. The fourth-order valence-electron chi connectivity index (χ4n) is 3.91. The first kappa shape index (κ1) is 25.7. The second kappa shape index (κ2) is 11.6. The normalized spacial score (nSPS) is 21.9. The van der Waals surface area contributed by atoms with Crippen molar-refractivity contribution < 1.29 is 37.8 Å². The van der Waals surface area contributed by atoms with Crippen molar-refractivity contribution in [2.45, 2.75) is 44.3 Å². The second-order valence-electron chi connectivity index (χ2n) is 7.87. The Morgan fingerprint density at radius 1 is 1.19 bits per heavy atom. The summed E-state index contributed by atoms with van der Waals surface area (Å²) < 4.78 is 34.8. The van der Waals surface area contributed by atoms with Gasteiger partial charge in [0.05, 0.1) is 11.9 Å². The van der Waals surface area contributed by atoms with E-state index in [2.05, 4.69) is 20.3 Å². The van der Waals surface area contributed by atoms with Crippen LogP contribution in [-0.4, -0.2) is 63.4 Å². The number of amides is 1. The van der Waals surface area contributed by atoms with E-state index in [0.717, 1.165) is 0 Å². The van der Waals surface area contributed by atoms with Crippen LogP contribution in [0.3, 0.4) is 0 Å². The minimum Gasteiger partial charge on any atom is -0.566 e. The molecule has 13 nitrogen and oxygen atoms in total. The third kappa shape index (κ3) is 5.55. The Labute approximate surface area is 206 Å². The zero-order valence-electron chi connectivity index (χ0n) is 19.5. The van der Waals surface area contributed by atoms with E-state index in [1.165, 1.54) is 19.8 Å². The van der Waals surface area contributed by atoms with Gasteiger partial charge in [-0.1, -0.05) is 25.1 Å². The number of anilines is 1. The molecule has 3 aromatic rings. The highest BCUT2D eigenvalue weighted by atomic mass is 31.1. The summed E-state index contributed by atoms with van der Waals surface area (Å²) in [5.74, 6) is -0.614. The molecule has 0 radical (unpaired) electrons. The fraction of sp³-hybridized carbons (Fsp3) is 0.409. The molecule has 1 amide bonds. The van der Waals surface area contributed by atoms with Gasteiger partial charge in [-0.3, -0.25) is 9.36 Å². The molecule has 14 heteroatoms. The number of carbonyl (C=O) groups excluding carboxylic acids is 2.